The van der Waals surface area contributed by atoms with Gasteiger partial charge in [-0.15, -0.1) is 11.3 Å². The van der Waals surface area contributed by atoms with Gasteiger partial charge in [-0.25, -0.2) is 14.6 Å². The minimum atomic E-state index is -1.15. The quantitative estimate of drug-likeness (QED) is 0.675. The van der Waals surface area contributed by atoms with Gasteiger partial charge >= 0.3 is 12.0 Å². The summed E-state index contributed by atoms with van der Waals surface area (Å²) in [7, 11) is 0. The summed E-state index contributed by atoms with van der Waals surface area (Å²) in [5, 5.41) is 8.77. The van der Waals surface area contributed by atoms with E-state index in [0.29, 0.717) is 0 Å². The molecule has 1 saturated carbocycles. The van der Waals surface area contributed by atoms with Crippen molar-refractivity contribution in [3.05, 3.63) is 11.1 Å². The number of hydrogen-bond acceptors (Lipinski definition) is 7. The molecule has 3 N–H and O–H groups in total. The number of anilines is 1. The summed E-state index contributed by atoms with van der Waals surface area (Å²) < 4.78 is 4.94. The van der Waals surface area contributed by atoms with Crippen LogP contribution in [0.3, 0.4) is 0 Å². The van der Waals surface area contributed by atoms with Crippen molar-refractivity contribution in [1.29, 1.82) is 0 Å². The lowest BCUT2D eigenvalue weighted by Gasteiger charge is -2.12. The van der Waals surface area contributed by atoms with Gasteiger partial charge in [0, 0.05) is 18.3 Å². The van der Waals surface area contributed by atoms with E-state index < -0.39 is 24.0 Å². The van der Waals surface area contributed by atoms with Gasteiger partial charge in [-0.1, -0.05) is 0 Å². The molecule has 2 rings (SSSR count). The van der Waals surface area contributed by atoms with Crippen molar-refractivity contribution in [1.82, 2.24) is 15.6 Å². The molecule has 0 bridgehead atoms. The van der Waals surface area contributed by atoms with Crippen LogP contribution in [0.25, 0.3) is 0 Å². The molecule has 0 aliphatic heterocycles. The minimum Gasteiger partial charge on any atom is -0.448 e. The maximum atomic E-state index is 11.9. The molecule has 0 unspecified atom stereocenters. The number of carbonyl (C=O) groups excluding carboxylic acids is 4. The Balaban J connectivity index is 1.83. The lowest BCUT2D eigenvalue weighted by molar-refractivity contribution is -0.127. The number of nitrogens with zero attached hydrogens (tertiary/aromatic N) is 1. The summed E-state index contributed by atoms with van der Waals surface area (Å²) >= 11 is 1.06. The molecule has 0 aromatic carbocycles. The van der Waals surface area contributed by atoms with Gasteiger partial charge in [-0.2, -0.15) is 0 Å². The number of imide groups is 1. The second-order valence-electron chi connectivity index (χ2n) is 5.00. The zero-order valence-electron chi connectivity index (χ0n) is 12.5. The van der Waals surface area contributed by atoms with Crippen molar-refractivity contribution in [2.24, 2.45) is 0 Å². The maximum Gasteiger partial charge on any atom is 0.358 e. The maximum absolute atomic E-state index is 11.9. The molecule has 0 radical (unpaired) electrons. The predicted molar refractivity (Wildman–Crippen MR) is 81.0 cm³/mol. The molecule has 4 amide bonds. The Kier molecular flexibility index (Phi) is 5.27. The lowest BCUT2D eigenvalue weighted by atomic mass is 10.3. The summed E-state index contributed by atoms with van der Waals surface area (Å²) in [6, 6.07) is -0.495. The smallest absolute Gasteiger partial charge is 0.358 e. The number of thiazole rings is 1. The Hall–Kier alpha value is -2.49. The van der Waals surface area contributed by atoms with E-state index in [-0.39, 0.29) is 22.8 Å². The Morgan fingerprint density at radius 3 is 2.65 bits per heavy atom. The van der Waals surface area contributed by atoms with Crippen LogP contribution in [-0.2, 0) is 14.3 Å². The second kappa shape index (κ2) is 7.18. The highest BCUT2D eigenvalue weighted by atomic mass is 32.1. The van der Waals surface area contributed by atoms with Gasteiger partial charge < -0.3 is 15.4 Å². The molecular formula is C13H16N4O5S. The summed E-state index contributed by atoms with van der Waals surface area (Å²) in [4.78, 5) is 49.8. The standard InChI is InChI=1S/C13H16N4O5S/c1-6(10(19)17-12(21)15-8-3-4-8)22-11(20)9-5-23-13(16-9)14-7(2)18/h5-6,8H,3-4H2,1-2H3,(H,14,16,18)(H2,15,17,19,21)/t6-/m1/s1. The van der Waals surface area contributed by atoms with E-state index in [9.17, 15) is 19.2 Å². The van der Waals surface area contributed by atoms with Gasteiger partial charge in [-0.05, 0) is 19.8 Å². The molecule has 1 atom stereocenters. The first-order chi connectivity index (χ1) is 10.8. The van der Waals surface area contributed by atoms with Gasteiger partial charge in [0.2, 0.25) is 5.91 Å². The molecular weight excluding hydrogens is 324 g/mol. The van der Waals surface area contributed by atoms with E-state index in [1.165, 1.54) is 19.2 Å². The summed E-state index contributed by atoms with van der Waals surface area (Å²) in [6.07, 6.45) is 0.637. The Morgan fingerprint density at radius 1 is 1.35 bits per heavy atom. The molecule has 9 nitrogen and oxygen atoms in total. The fraction of sp³-hybridized carbons (Fsp3) is 0.462. The largest absolute Gasteiger partial charge is 0.448 e. The molecule has 1 heterocycles. The van der Waals surface area contributed by atoms with Crippen LogP contribution in [0.2, 0.25) is 0 Å². The molecule has 10 heteroatoms. The van der Waals surface area contributed by atoms with Gasteiger partial charge in [0.15, 0.2) is 16.9 Å². The van der Waals surface area contributed by atoms with E-state index in [0.717, 1.165) is 24.2 Å². The first-order valence-corrected chi connectivity index (χ1v) is 7.78. The van der Waals surface area contributed by atoms with Crippen LogP contribution in [-0.4, -0.2) is 40.9 Å². The molecule has 23 heavy (non-hydrogen) atoms. The third kappa shape index (κ3) is 5.33. The fourth-order valence-electron chi connectivity index (χ4n) is 1.51. The van der Waals surface area contributed by atoms with Crippen LogP contribution in [0.4, 0.5) is 9.93 Å². The zero-order valence-corrected chi connectivity index (χ0v) is 13.4. The number of urea groups is 1. The van der Waals surface area contributed by atoms with Crippen LogP contribution in [0.15, 0.2) is 5.38 Å². The molecule has 1 aromatic rings. The van der Waals surface area contributed by atoms with E-state index in [1.54, 1.807) is 0 Å². The summed E-state index contributed by atoms with van der Waals surface area (Å²) in [5.41, 5.74) is -0.0270. The number of amides is 4. The van der Waals surface area contributed by atoms with Crippen LogP contribution < -0.4 is 16.0 Å². The zero-order chi connectivity index (χ0) is 17.0. The van der Waals surface area contributed by atoms with Crippen LogP contribution in [0.1, 0.15) is 37.2 Å². The van der Waals surface area contributed by atoms with E-state index in [4.69, 9.17) is 4.74 Å². The van der Waals surface area contributed by atoms with Crippen LogP contribution in [0.5, 0.6) is 0 Å². The van der Waals surface area contributed by atoms with E-state index in [1.807, 2.05) is 0 Å². The summed E-state index contributed by atoms with van der Waals surface area (Å²) in [5.74, 6) is -1.86. The van der Waals surface area contributed by atoms with Crippen LogP contribution in [0, 0.1) is 0 Å². The number of hydrogen-bond donors (Lipinski definition) is 3. The predicted octanol–water partition coefficient (Wildman–Crippen LogP) is 0.635. The third-order valence-corrected chi connectivity index (χ3v) is 3.56. The Bertz CT molecular complexity index is 640. The third-order valence-electron chi connectivity index (χ3n) is 2.80. The van der Waals surface area contributed by atoms with Gasteiger partial charge in [0.05, 0.1) is 0 Å². The highest BCUT2D eigenvalue weighted by Crippen LogP contribution is 2.18. The van der Waals surface area contributed by atoms with Crippen molar-refractivity contribution in [3.8, 4) is 0 Å². The monoisotopic (exact) mass is 340 g/mol. The average Bonchev–Trinajstić information content (AvgIpc) is 3.13. The fourth-order valence-corrected chi connectivity index (χ4v) is 2.24. The van der Waals surface area contributed by atoms with E-state index >= 15 is 0 Å². The molecule has 1 aromatic heterocycles. The number of rotatable bonds is 5. The summed E-state index contributed by atoms with van der Waals surface area (Å²) in [6.45, 7) is 2.66. The SMILES string of the molecule is CC(=O)Nc1nc(C(=O)O[C@H](C)C(=O)NC(=O)NC2CC2)cs1. The first-order valence-electron chi connectivity index (χ1n) is 6.90. The second-order valence-corrected chi connectivity index (χ2v) is 5.86. The minimum absolute atomic E-state index is 0.0270. The number of aromatic nitrogens is 1. The Morgan fingerprint density at radius 2 is 2.04 bits per heavy atom. The Labute approximate surface area is 135 Å². The normalized spacial score (nSPS) is 14.5. The van der Waals surface area contributed by atoms with Crippen LogP contribution >= 0.6 is 11.3 Å². The number of carbonyl (C=O) groups is 4. The number of esters is 1. The number of nitrogens with one attached hydrogen (secondary N) is 3. The highest BCUT2D eigenvalue weighted by Gasteiger charge is 2.26. The average molecular weight is 340 g/mol. The van der Waals surface area contributed by atoms with E-state index in [2.05, 4.69) is 20.9 Å². The number of ether oxygens (including phenoxy) is 1. The topological polar surface area (TPSA) is 126 Å². The van der Waals surface area contributed by atoms with Crippen molar-refractivity contribution in [3.63, 3.8) is 0 Å². The molecule has 1 aliphatic carbocycles. The van der Waals surface area contributed by atoms with Crippen molar-refractivity contribution >= 4 is 40.3 Å². The van der Waals surface area contributed by atoms with Crippen molar-refractivity contribution < 1.29 is 23.9 Å². The molecule has 1 fully saturated rings. The van der Waals surface area contributed by atoms with Crippen molar-refractivity contribution in [2.75, 3.05) is 5.32 Å². The van der Waals surface area contributed by atoms with Gasteiger partial charge in [0.1, 0.15) is 0 Å². The molecule has 0 spiro atoms. The van der Waals surface area contributed by atoms with Gasteiger partial charge in [-0.3, -0.25) is 14.9 Å². The first kappa shape index (κ1) is 16.9. The van der Waals surface area contributed by atoms with Gasteiger partial charge in [0.25, 0.3) is 5.91 Å². The highest BCUT2D eigenvalue weighted by molar-refractivity contribution is 7.14. The molecule has 0 saturated heterocycles. The molecule has 1 aliphatic rings. The lowest BCUT2D eigenvalue weighted by Crippen LogP contribution is -2.45. The van der Waals surface area contributed by atoms with Crippen molar-refractivity contribution in [2.45, 2.75) is 38.8 Å². The molecule has 124 valence electrons.